The van der Waals surface area contributed by atoms with Gasteiger partial charge in [-0.1, -0.05) is 96.6 Å². The summed E-state index contributed by atoms with van der Waals surface area (Å²) in [6.45, 7) is 0. The van der Waals surface area contributed by atoms with Gasteiger partial charge in [-0.3, -0.25) is 24.1 Å². The van der Waals surface area contributed by atoms with E-state index in [0.29, 0.717) is 39.4 Å². The van der Waals surface area contributed by atoms with Crippen molar-refractivity contribution in [1.29, 1.82) is 0 Å². The third kappa shape index (κ3) is 6.31. The smallest absolute Gasteiger partial charge is 0.238 e. The van der Waals surface area contributed by atoms with Crippen molar-refractivity contribution in [2.75, 3.05) is 33.3 Å². The number of fused-ring (bicyclic) bond motifs is 4. The van der Waals surface area contributed by atoms with Crippen LogP contribution in [-0.2, 0) is 24.6 Å². The van der Waals surface area contributed by atoms with Gasteiger partial charge in [0.2, 0.25) is 17.6 Å². The van der Waals surface area contributed by atoms with Crippen LogP contribution in [0.4, 0.5) is 5.69 Å². The van der Waals surface area contributed by atoms with E-state index in [2.05, 4.69) is 0 Å². The summed E-state index contributed by atoms with van der Waals surface area (Å²) in [5, 5.41) is 11.1. The first-order valence-electron chi connectivity index (χ1n) is 20.6. The Morgan fingerprint density at radius 3 is 2.00 bits per heavy atom. The minimum Gasteiger partial charge on any atom is -0.502 e. The number of methoxy groups -OCH3 is 4. The van der Waals surface area contributed by atoms with E-state index >= 15 is 9.59 Å². The minimum atomic E-state index is -1.46. The van der Waals surface area contributed by atoms with Crippen LogP contribution in [0.25, 0.3) is 17.7 Å². The first kappa shape index (κ1) is 40.2. The van der Waals surface area contributed by atoms with E-state index in [1.54, 1.807) is 38.5 Å². The monoisotopic (exact) mass is 827 g/mol. The molecule has 2 amide bonds. The van der Waals surface area contributed by atoms with E-state index in [4.69, 9.17) is 18.9 Å². The van der Waals surface area contributed by atoms with Crippen molar-refractivity contribution < 1.29 is 43.2 Å². The number of nitrogens with zero attached hydrogens (tertiary/aromatic N) is 1. The van der Waals surface area contributed by atoms with Gasteiger partial charge in [-0.2, -0.15) is 0 Å². The molecule has 62 heavy (non-hydrogen) atoms. The number of rotatable bonds is 10. The fraction of sp³-hybridized carbons (Fsp3) is 0.231. The molecule has 0 spiro atoms. The van der Waals surface area contributed by atoms with Crippen LogP contribution in [0, 0.1) is 23.7 Å². The molecule has 9 rings (SSSR count). The van der Waals surface area contributed by atoms with Crippen molar-refractivity contribution in [1.82, 2.24) is 0 Å². The van der Waals surface area contributed by atoms with Gasteiger partial charge in [0.15, 0.2) is 23.1 Å². The number of hydrogen-bond acceptors (Lipinski definition) is 9. The van der Waals surface area contributed by atoms with Crippen molar-refractivity contribution in [2.45, 2.75) is 24.2 Å². The molecule has 1 saturated carbocycles. The zero-order valence-corrected chi connectivity index (χ0v) is 34.7. The van der Waals surface area contributed by atoms with Crippen molar-refractivity contribution >= 4 is 46.8 Å². The maximum absolute atomic E-state index is 15.4. The lowest BCUT2D eigenvalue weighted by atomic mass is 9.44. The zero-order valence-electron chi connectivity index (χ0n) is 34.7. The standard InChI is InChI=1S/C52H45NO9/c1-59-36-21-24-42(60-2)32(25-36)18-15-30-16-19-35(20-17-30)53-50(57)38-23-22-37-40(46(38)51(53)58)28-41-48(55)39(31-11-7-5-8-12-31)29-45(54)52(41,34-13-9-6-10-14-34)47(37)33-26-43(61-3)49(56)44(27-33)62-4/h5-22,24-27,29,38,40-41,46-47,56H,23,28H2,1-4H3/t38-,40+,41-,46-,47-,52-/m0/s1. The lowest BCUT2D eigenvalue weighted by molar-refractivity contribution is -0.135. The van der Waals surface area contributed by atoms with Gasteiger partial charge in [-0.15, -0.1) is 0 Å². The van der Waals surface area contributed by atoms with Crippen LogP contribution in [0.3, 0.4) is 0 Å². The molecular weight excluding hydrogens is 783 g/mol. The highest BCUT2D eigenvalue weighted by Crippen LogP contribution is 2.64. The van der Waals surface area contributed by atoms with Crippen molar-refractivity contribution in [3.05, 3.63) is 161 Å². The number of benzene rings is 5. The summed E-state index contributed by atoms with van der Waals surface area (Å²) in [5.41, 5.74) is 3.60. The molecule has 0 bridgehead atoms. The molecule has 6 atom stereocenters. The Hall–Kier alpha value is -7.20. The van der Waals surface area contributed by atoms with Gasteiger partial charge in [0.25, 0.3) is 0 Å². The van der Waals surface area contributed by atoms with E-state index in [-0.39, 0.29) is 53.5 Å². The molecule has 4 aliphatic rings. The number of aromatic hydroxyl groups is 1. The van der Waals surface area contributed by atoms with Crippen LogP contribution in [0.15, 0.2) is 133 Å². The largest absolute Gasteiger partial charge is 0.502 e. The van der Waals surface area contributed by atoms with Crippen molar-refractivity contribution in [3.8, 4) is 28.7 Å². The average molecular weight is 828 g/mol. The van der Waals surface area contributed by atoms with E-state index in [0.717, 1.165) is 16.7 Å². The first-order chi connectivity index (χ1) is 30.1. The molecule has 1 saturated heterocycles. The van der Waals surface area contributed by atoms with Gasteiger partial charge in [0, 0.05) is 23.0 Å². The maximum atomic E-state index is 15.4. The molecular formula is C52H45NO9. The molecule has 10 nitrogen and oxygen atoms in total. The topological polar surface area (TPSA) is 129 Å². The van der Waals surface area contributed by atoms with Gasteiger partial charge in [-0.05, 0) is 89.6 Å². The maximum Gasteiger partial charge on any atom is 0.238 e. The van der Waals surface area contributed by atoms with Gasteiger partial charge in [0.05, 0.1) is 51.4 Å². The van der Waals surface area contributed by atoms with E-state index < -0.39 is 35.0 Å². The molecule has 0 radical (unpaired) electrons. The van der Waals surface area contributed by atoms with Crippen LogP contribution >= 0.6 is 0 Å². The summed E-state index contributed by atoms with van der Waals surface area (Å²) < 4.78 is 22.2. The fourth-order valence-electron chi connectivity index (χ4n) is 10.5. The highest BCUT2D eigenvalue weighted by Gasteiger charge is 2.66. The molecule has 2 fully saturated rings. The zero-order chi connectivity index (χ0) is 43.3. The third-order valence-corrected chi connectivity index (χ3v) is 13.3. The first-order valence-corrected chi connectivity index (χ1v) is 20.6. The summed E-state index contributed by atoms with van der Waals surface area (Å²) in [7, 11) is 6.08. The molecule has 1 aliphatic heterocycles. The van der Waals surface area contributed by atoms with E-state index in [1.807, 2.05) is 109 Å². The van der Waals surface area contributed by atoms with Gasteiger partial charge in [-0.25, -0.2) is 0 Å². The number of ether oxygens (including phenoxy) is 4. The number of carbonyl (C=O) groups excluding carboxylic acids is 4. The minimum absolute atomic E-state index is 0.129. The number of hydrogen-bond donors (Lipinski definition) is 1. The molecule has 3 aliphatic carbocycles. The number of allylic oxidation sites excluding steroid dienone is 4. The highest BCUT2D eigenvalue weighted by molar-refractivity contribution is 6.32. The number of phenols is 1. The lowest BCUT2D eigenvalue weighted by Gasteiger charge is -2.55. The number of imide groups is 1. The fourth-order valence-corrected chi connectivity index (χ4v) is 10.5. The molecule has 10 heteroatoms. The number of anilines is 1. The van der Waals surface area contributed by atoms with Crippen LogP contribution in [0.1, 0.15) is 46.6 Å². The number of carbonyl (C=O) groups is 4. The van der Waals surface area contributed by atoms with Gasteiger partial charge in [0.1, 0.15) is 11.5 Å². The summed E-state index contributed by atoms with van der Waals surface area (Å²) in [4.78, 5) is 61.4. The van der Waals surface area contributed by atoms with E-state index in [1.165, 1.54) is 25.2 Å². The third-order valence-electron chi connectivity index (χ3n) is 13.3. The second-order valence-electron chi connectivity index (χ2n) is 16.1. The molecule has 0 aromatic heterocycles. The predicted molar refractivity (Wildman–Crippen MR) is 235 cm³/mol. The summed E-state index contributed by atoms with van der Waals surface area (Å²) in [6, 6.07) is 34.6. The number of phenolic OH excluding ortho intramolecular Hbond substituents is 1. The summed E-state index contributed by atoms with van der Waals surface area (Å²) in [5.74, 6) is -3.49. The van der Waals surface area contributed by atoms with E-state index in [9.17, 15) is 14.7 Å². The highest BCUT2D eigenvalue weighted by atomic mass is 16.5. The molecule has 5 aromatic rings. The Balaban J connectivity index is 1.15. The average Bonchev–Trinajstić information content (AvgIpc) is 3.57. The Morgan fingerprint density at radius 1 is 0.694 bits per heavy atom. The summed E-state index contributed by atoms with van der Waals surface area (Å²) >= 11 is 0. The summed E-state index contributed by atoms with van der Waals surface area (Å²) in [6.07, 6.45) is 7.73. The second kappa shape index (κ2) is 16.0. The van der Waals surface area contributed by atoms with Crippen molar-refractivity contribution in [2.24, 2.45) is 23.7 Å². The molecule has 1 N–H and O–H groups in total. The Bertz CT molecular complexity index is 2680. The predicted octanol–water partition coefficient (Wildman–Crippen LogP) is 8.63. The molecule has 5 aromatic carbocycles. The molecule has 1 heterocycles. The van der Waals surface area contributed by atoms with Crippen LogP contribution in [0.2, 0.25) is 0 Å². The quantitative estimate of drug-likeness (QED) is 0.0836. The molecule has 0 unspecified atom stereocenters. The number of ketones is 2. The van der Waals surface area contributed by atoms with Crippen molar-refractivity contribution in [3.63, 3.8) is 0 Å². The second-order valence-corrected chi connectivity index (χ2v) is 16.1. The van der Waals surface area contributed by atoms with Gasteiger partial charge < -0.3 is 24.1 Å². The Labute approximate surface area is 359 Å². The van der Waals surface area contributed by atoms with Crippen LogP contribution < -0.4 is 23.8 Å². The SMILES string of the molecule is COc1ccc(OC)c(C=Cc2ccc(N3C(=O)[C@H]4[C@H](CC=C5[C@H]4C[C@H]4C(=O)C(c6ccccc6)=CC(=O)[C@@]4(c4ccccc4)[C@H]5c4cc(OC)c(O)c(OC)c4)C3=O)cc2)c1. The number of amides is 2. The molecule has 312 valence electrons. The lowest BCUT2D eigenvalue weighted by Crippen LogP contribution is -2.58. The number of Topliss-reactive ketones (excluding diaryl/α,β-unsaturated/α-hetero) is 1. The normalized spacial score (nSPS) is 24.2. The Kier molecular flexibility index (Phi) is 10.4. The van der Waals surface area contributed by atoms with Crippen LogP contribution in [-0.4, -0.2) is 56.9 Å². The van der Waals surface area contributed by atoms with Gasteiger partial charge >= 0.3 is 0 Å². The van der Waals surface area contributed by atoms with Crippen LogP contribution in [0.5, 0.6) is 28.7 Å². The Morgan fingerprint density at radius 2 is 1.35 bits per heavy atom.